The number of nitrogens with zero attached hydrogens (tertiary/aromatic N) is 3. The first-order valence-electron chi connectivity index (χ1n) is 8.59. The number of aromatic nitrogens is 2. The molecule has 1 atom stereocenters. The molecule has 0 N–H and O–H groups in total. The van der Waals surface area contributed by atoms with Crippen LogP contribution in [0.2, 0.25) is 10.0 Å². The van der Waals surface area contributed by atoms with Gasteiger partial charge in [-0.15, -0.1) is 10.2 Å². The molecule has 0 spiro atoms. The van der Waals surface area contributed by atoms with Crippen LogP contribution in [-0.2, 0) is 21.1 Å². The molecule has 10 heteroatoms. The minimum absolute atomic E-state index is 0.0543. The Hall–Kier alpha value is -1.19. The van der Waals surface area contributed by atoms with E-state index < -0.39 is 9.84 Å². The summed E-state index contributed by atoms with van der Waals surface area (Å²) in [6, 6.07) is 4.99. The quantitative estimate of drug-likeness (QED) is 0.591. The number of rotatable bonds is 8. The lowest BCUT2D eigenvalue weighted by molar-refractivity contribution is 0.143. The van der Waals surface area contributed by atoms with Gasteiger partial charge in [-0.1, -0.05) is 23.2 Å². The summed E-state index contributed by atoms with van der Waals surface area (Å²) in [5.41, 5.74) is 0.606. The van der Waals surface area contributed by atoms with E-state index in [4.69, 9.17) is 32.4 Å². The fourth-order valence-corrected chi connectivity index (χ4v) is 5.38. The Balaban J connectivity index is 1.74. The van der Waals surface area contributed by atoms with Crippen molar-refractivity contribution in [2.45, 2.75) is 25.4 Å². The van der Waals surface area contributed by atoms with Gasteiger partial charge in [-0.3, -0.25) is 4.90 Å². The normalized spacial score (nSPS) is 19.0. The zero-order valence-electron chi connectivity index (χ0n) is 14.9. The summed E-state index contributed by atoms with van der Waals surface area (Å²) in [4.78, 5) is 2.07. The molecule has 1 aliphatic heterocycles. The zero-order chi connectivity index (χ0) is 19.4. The van der Waals surface area contributed by atoms with Gasteiger partial charge in [0, 0.05) is 31.3 Å². The van der Waals surface area contributed by atoms with Crippen molar-refractivity contribution >= 4 is 33.0 Å². The lowest BCUT2D eigenvalue weighted by Gasteiger charge is -2.26. The summed E-state index contributed by atoms with van der Waals surface area (Å²) in [5.74, 6) is 1.10. The van der Waals surface area contributed by atoms with Crippen molar-refractivity contribution in [2.75, 3.05) is 31.8 Å². The summed E-state index contributed by atoms with van der Waals surface area (Å²) in [6.07, 6.45) is 1.40. The summed E-state index contributed by atoms with van der Waals surface area (Å²) in [5, 5.41) is 9.12. The molecule has 27 heavy (non-hydrogen) atoms. The Labute approximate surface area is 168 Å². The van der Waals surface area contributed by atoms with Gasteiger partial charge < -0.3 is 9.15 Å². The van der Waals surface area contributed by atoms with E-state index in [2.05, 4.69) is 15.1 Å². The number of halogens is 2. The average molecular weight is 434 g/mol. The van der Waals surface area contributed by atoms with Gasteiger partial charge in [0.1, 0.15) is 0 Å². The van der Waals surface area contributed by atoms with Crippen molar-refractivity contribution in [3.8, 4) is 11.5 Å². The second-order valence-electron chi connectivity index (χ2n) is 6.50. The van der Waals surface area contributed by atoms with E-state index in [0.717, 1.165) is 6.42 Å². The topological polar surface area (TPSA) is 85.5 Å². The van der Waals surface area contributed by atoms with Crippen molar-refractivity contribution in [3.05, 3.63) is 34.1 Å². The summed E-state index contributed by atoms with van der Waals surface area (Å²) >= 11 is 12.1. The molecule has 2 heterocycles. The molecule has 1 fully saturated rings. The number of hydrogen-bond acceptors (Lipinski definition) is 7. The molecule has 1 unspecified atom stereocenters. The lowest BCUT2D eigenvalue weighted by Crippen LogP contribution is -2.37. The van der Waals surface area contributed by atoms with Gasteiger partial charge in [-0.2, -0.15) is 0 Å². The van der Waals surface area contributed by atoms with E-state index >= 15 is 0 Å². The summed E-state index contributed by atoms with van der Waals surface area (Å²) in [7, 11) is -1.34. The maximum atomic E-state index is 11.9. The van der Waals surface area contributed by atoms with Gasteiger partial charge in [0.05, 0.1) is 28.6 Å². The van der Waals surface area contributed by atoms with Crippen LogP contribution in [0.1, 0.15) is 18.7 Å². The van der Waals surface area contributed by atoms with E-state index in [-0.39, 0.29) is 17.5 Å². The van der Waals surface area contributed by atoms with Crippen LogP contribution in [0.3, 0.4) is 0 Å². The van der Waals surface area contributed by atoms with E-state index in [0.29, 0.717) is 53.5 Å². The first-order valence-corrected chi connectivity index (χ1v) is 11.2. The monoisotopic (exact) mass is 433 g/mol. The molecule has 0 aliphatic carbocycles. The number of sulfone groups is 1. The fourth-order valence-electron chi connectivity index (χ4n) is 3.13. The van der Waals surface area contributed by atoms with Crippen LogP contribution < -0.4 is 0 Å². The standard InChI is InChI=1S/C17H21Cl2N3O4S/c1-25-7-2-6-22(13-5-8-27(23,24)11-13)10-16-20-21-17(26-16)14-4-3-12(18)9-15(14)19/h3-4,9,13H,2,5-8,10-11H2,1H3. The van der Waals surface area contributed by atoms with Crippen LogP contribution in [0.4, 0.5) is 0 Å². The van der Waals surface area contributed by atoms with Crippen LogP contribution in [0.5, 0.6) is 0 Å². The molecule has 1 saturated heterocycles. The highest BCUT2D eigenvalue weighted by atomic mass is 35.5. The Morgan fingerprint density at radius 3 is 2.81 bits per heavy atom. The molecule has 1 aliphatic rings. The van der Waals surface area contributed by atoms with Crippen molar-refractivity contribution in [3.63, 3.8) is 0 Å². The molecule has 0 amide bonds. The van der Waals surface area contributed by atoms with Gasteiger partial charge in [0.2, 0.25) is 11.8 Å². The van der Waals surface area contributed by atoms with E-state index in [9.17, 15) is 8.42 Å². The van der Waals surface area contributed by atoms with E-state index in [1.165, 1.54) is 0 Å². The van der Waals surface area contributed by atoms with Crippen molar-refractivity contribution in [1.29, 1.82) is 0 Å². The van der Waals surface area contributed by atoms with Gasteiger partial charge in [-0.05, 0) is 31.0 Å². The molecule has 2 aromatic rings. The predicted molar refractivity (Wildman–Crippen MR) is 104 cm³/mol. The molecule has 0 bridgehead atoms. The van der Waals surface area contributed by atoms with Crippen LogP contribution in [0.15, 0.2) is 22.6 Å². The molecule has 0 radical (unpaired) electrons. The number of hydrogen-bond donors (Lipinski definition) is 0. The molecule has 3 rings (SSSR count). The highest BCUT2D eigenvalue weighted by Crippen LogP contribution is 2.30. The van der Waals surface area contributed by atoms with Crippen molar-refractivity contribution in [2.24, 2.45) is 0 Å². The maximum Gasteiger partial charge on any atom is 0.249 e. The molecule has 148 valence electrons. The zero-order valence-corrected chi connectivity index (χ0v) is 17.2. The van der Waals surface area contributed by atoms with Gasteiger partial charge in [0.15, 0.2) is 9.84 Å². The number of ether oxygens (including phenoxy) is 1. The largest absolute Gasteiger partial charge is 0.419 e. The minimum Gasteiger partial charge on any atom is -0.419 e. The van der Waals surface area contributed by atoms with Gasteiger partial charge in [0.25, 0.3) is 0 Å². The van der Waals surface area contributed by atoms with Gasteiger partial charge in [-0.25, -0.2) is 8.42 Å². The Morgan fingerprint density at radius 1 is 1.33 bits per heavy atom. The molecule has 7 nitrogen and oxygen atoms in total. The number of methoxy groups -OCH3 is 1. The Morgan fingerprint density at radius 2 is 2.15 bits per heavy atom. The molecular formula is C17H21Cl2N3O4S. The highest BCUT2D eigenvalue weighted by molar-refractivity contribution is 7.91. The van der Waals surface area contributed by atoms with Gasteiger partial charge >= 0.3 is 0 Å². The smallest absolute Gasteiger partial charge is 0.249 e. The second kappa shape index (κ2) is 8.87. The van der Waals surface area contributed by atoms with Crippen molar-refractivity contribution in [1.82, 2.24) is 15.1 Å². The SMILES string of the molecule is COCCCN(Cc1nnc(-c2ccc(Cl)cc2Cl)o1)C1CCS(=O)(=O)C1. The number of benzene rings is 1. The Bertz CT molecular complexity index is 888. The Kier molecular flexibility index (Phi) is 6.75. The molecular weight excluding hydrogens is 413 g/mol. The third kappa shape index (κ3) is 5.42. The summed E-state index contributed by atoms with van der Waals surface area (Å²) in [6.45, 7) is 1.67. The maximum absolute atomic E-state index is 11.9. The highest BCUT2D eigenvalue weighted by Gasteiger charge is 2.32. The average Bonchev–Trinajstić information content (AvgIpc) is 3.20. The van der Waals surface area contributed by atoms with Crippen molar-refractivity contribution < 1.29 is 17.6 Å². The first-order chi connectivity index (χ1) is 12.9. The van der Waals surface area contributed by atoms with Crippen LogP contribution in [0, 0.1) is 0 Å². The summed E-state index contributed by atoms with van der Waals surface area (Å²) < 4.78 is 34.6. The fraction of sp³-hybridized carbons (Fsp3) is 0.529. The van der Waals surface area contributed by atoms with Crippen LogP contribution in [0.25, 0.3) is 11.5 Å². The third-order valence-electron chi connectivity index (χ3n) is 4.49. The molecule has 0 saturated carbocycles. The third-order valence-corrected chi connectivity index (χ3v) is 6.78. The second-order valence-corrected chi connectivity index (χ2v) is 9.57. The predicted octanol–water partition coefficient (Wildman–Crippen LogP) is 3.07. The molecule has 1 aromatic carbocycles. The first kappa shape index (κ1) is 20.5. The van der Waals surface area contributed by atoms with Crippen LogP contribution >= 0.6 is 23.2 Å². The minimum atomic E-state index is -2.98. The van der Waals surface area contributed by atoms with E-state index in [1.54, 1.807) is 25.3 Å². The lowest BCUT2D eigenvalue weighted by atomic mass is 10.2. The van der Waals surface area contributed by atoms with E-state index in [1.807, 2.05) is 0 Å². The molecule has 1 aromatic heterocycles. The van der Waals surface area contributed by atoms with Crippen LogP contribution in [-0.4, -0.2) is 61.3 Å².